The Bertz CT molecular complexity index is 1440. The first-order valence-electron chi connectivity index (χ1n) is 14.5. The van der Waals surface area contributed by atoms with E-state index in [-0.39, 0.29) is 23.5 Å². The van der Waals surface area contributed by atoms with Crippen molar-refractivity contribution in [2.24, 2.45) is 0 Å². The lowest BCUT2D eigenvalue weighted by Gasteiger charge is -2.19. The summed E-state index contributed by atoms with van der Waals surface area (Å²) in [4.78, 5) is 35.2. The summed E-state index contributed by atoms with van der Waals surface area (Å²) < 4.78 is 30.7. The molecule has 0 atom stereocenters. The molecule has 0 saturated heterocycles. The second kappa shape index (κ2) is 16.9. The highest BCUT2D eigenvalue weighted by atomic mass is 35.5. The number of halogens is 2. The molecule has 1 heterocycles. The number of likely N-dealkylation sites (N-methyl/N-ethyl adjacent to an activating group) is 1. The Balaban J connectivity index is 1.64. The lowest BCUT2D eigenvalue weighted by Crippen LogP contribution is -2.23. The highest BCUT2D eigenvalue weighted by molar-refractivity contribution is 6.31. The zero-order valence-electron chi connectivity index (χ0n) is 25.9. The lowest BCUT2D eigenvalue weighted by molar-refractivity contribution is -0.154. The van der Waals surface area contributed by atoms with E-state index in [1.54, 1.807) is 24.3 Å². The molecule has 12 heteroatoms. The molecule has 0 aliphatic heterocycles. The minimum Gasteiger partial charge on any atom is -0.489 e. The number of benzene rings is 2. The van der Waals surface area contributed by atoms with Crippen LogP contribution in [-0.2, 0) is 19.1 Å². The number of esters is 1. The molecule has 0 spiro atoms. The molecule has 44 heavy (non-hydrogen) atoms. The molecule has 0 saturated carbocycles. The minimum atomic E-state index is -0.527. The quantitative estimate of drug-likeness (QED) is 0.104. The Morgan fingerprint density at radius 2 is 1.84 bits per heavy atom. The molecule has 238 valence electrons. The number of anilines is 3. The van der Waals surface area contributed by atoms with Gasteiger partial charge in [0.25, 0.3) is 0 Å². The summed E-state index contributed by atoms with van der Waals surface area (Å²) in [7, 11) is 3.82. The third-order valence-corrected chi connectivity index (χ3v) is 6.28. The molecule has 2 aromatic carbocycles. The summed E-state index contributed by atoms with van der Waals surface area (Å²) in [6.07, 6.45) is 7.40. The van der Waals surface area contributed by atoms with Gasteiger partial charge in [-0.05, 0) is 72.0 Å². The van der Waals surface area contributed by atoms with Crippen molar-refractivity contribution in [3.05, 3.63) is 59.7 Å². The SMILES string of the molecule is CN(C)C/C=C/C(=O)Nc1cc2c(Nc3ccc(F)c(Cl)c3)ncnc2cc1OCCOCCCCCC(=O)OC(C)(C)C. The average molecular weight is 630 g/mol. The summed E-state index contributed by atoms with van der Waals surface area (Å²) in [5.41, 5.74) is 1.06. The van der Waals surface area contributed by atoms with Crippen LogP contribution >= 0.6 is 11.6 Å². The molecule has 2 N–H and O–H groups in total. The van der Waals surface area contributed by atoms with Gasteiger partial charge in [-0.3, -0.25) is 9.59 Å². The third-order valence-electron chi connectivity index (χ3n) is 5.99. The number of ether oxygens (including phenoxy) is 3. The maximum atomic E-state index is 13.7. The fraction of sp³-hybridized carbons (Fsp3) is 0.438. The summed E-state index contributed by atoms with van der Waals surface area (Å²) in [5, 5.41) is 6.60. The maximum absolute atomic E-state index is 13.7. The van der Waals surface area contributed by atoms with Crippen LogP contribution < -0.4 is 15.4 Å². The van der Waals surface area contributed by atoms with E-state index in [0.29, 0.717) is 60.0 Å². The number of carbonyl (C=O) groups is 2. The molecule has 0 radical (unpaired) electrons. The van der Waals surface area contributed by atoms with Crippen LogP contribution in [0.4, 0.5) is 21.6 Å². The van der Waals surface area contributed by atoms with Crippen molar-refractivity contribution < 1.29 is 28.2 Å². The first-order valence-corrected chi connectivity index (χ1v) is 14.8. The predicted molar refractivity (Wildman–Crippen MR) is 171 cm³/mol. The Kier molecular flexibility index (Phi) is 13.3. The Labute approximate surface area is 262 Å². The lowest BCUT2D eigenvalue weighted by atomic mass is 10.1. The van der Waals surface area contributed by atoms with Gasteiger partial charge in [0.15, 0.2) is 0 Å². The zero-order valence-corrected chi connectivity index (χ0v) is 26.7. The number of rotatable bonds is 16. The summed E-state index contributed by atoms with van der Waals surface area (Å²) >= 11 is 5.95. The highest BCUT2D eigenvalue weighted by Crippen LogP contribution is 2.34. The van der Waals surface area contributed by atoms with E-state index in [1.807, 2.05) is 39.8 Å². The first kappa shape index (κ1) is 34.7. The van der Waals surface area contributed by atoms with Gasteiger partial charge in [-0.15, -0.1) is 0 Å². The molecular weight excluding hydrogens is 589 g/mol. The topological polar surface area (TPSA) is 115 Å². The maximum Gasteiger partial charge on any atom is 0.306 e. The van der Waals surface area contributed by atoms with E-state index in [4.69, 9.17) is 25.8 Å². The van der Waals surface area contributed by atoms with Crippen molar-refractivity contribution in [3.63, 3.8) is 0 Å². The average Bonchev–Trinajstić information content (AvgIpc) is 2.93. The van der Waals surface area contributed by atoms with E-state index in [1.165, 1.54) is 24.5 Å². The van der Waals surface area contributed by atoms with E-state index >= 15 is 0 Å². The van der Waals surface area contributed by atoms with Crippen molar-refractivity contribution in [2.75, 3.05) is 51.1 Å². The number of hydrogen-bond donors (Lipinski definition) is 2. The van der Waals surface area contributed by atoms with Gasteiger partial charge in [0.1, 0.15) is 35.9 Å². The standard InChI is InChI=1S/C32H41ClFN5O5/c1-32(2,3)44-30(41)11-7-6-8-15-42-16-17-43-28-20-26-23(19-27(28)38-29(40)10-9-14-39(4)5)31(36-21-35-26)37-22-12-13-25(34)24(33)18-22/h9-10,12-13,18-21H,6-8,11,14-17H2,1-5H3,(H,38,40)(H,35,36,37)/b10-9+. The van der Waals surface area contributed by atoms with Crippen molar-refractivity contribution in [2.45, 2.75) is 52.1 Å². The second-order valence-electron chi connectivity index (χ2n) is 11.4. The molecule has 10 nitrogen and oxygen atoms in total. The molecule has 3 aromatic rings. The monoisotopic (exact) mass is 629 g/mol. The number of nitrogens with zero attached hydrogens (tertiary/aromatic N) is 3. The van der Waals surface area contributed by atoms with Gasteiger partial charge >= 0.3 is 5.97 Å². The van der Waals surface area contributed by atoms with Crippen molar-refractivity contribution in [3.8, 4) is 5.75 Å². The van der Waals surface area contributed by atoms with Crippen LogP contribution in [-0.4, -0.2) is 72.8 Å². The Morgan fingerprint density at radius 3 is 2.57 bits per heavy atom. The fourth-order valence-corrected chi connectivity index (χ4v) is 4.19. The van der Waals surface area contributed by atoms with Crippen LogP contribution in [0.1, 0.15) is 46.5 Å². The molecule has 1 aromatic heterocycles. The molecular formula is C32H41ClFN5O5. The van der Waals surface area contributed by atoms with E-state index in [2.05, 4.69) is 20.6 Å². The smallest absolute Gasteiger partial charge is 0.306 e. The number of hydrogen-bond acceptors (Lipinski definition) is 9. The second-order valence-corrected chi connectivity index (χ2v) is 11.8. The molecule has 0 unspecified atom stereocenters. The third kappa shape index (κ3) is 12.1. The van der Waals surface area contributed by atoms with Gasteiger partial charge < -0.3 is 29.7 Å². The summed E-state index contributed by atoms with van der Waals surface area (Å²) in [6, 6.07) is 7.71. The molecule has 3 rings (SSSR count). The van der Waals surface area contributed by atoms with Crippen LogP contribution in [0, 0.1) is 5.82 Å². The van der Waals surface area contributed by atoms with Gasteiger partial charge in [0.05, 0.1) is 22.8 Å². The van der Waals surface area contributed by atoms with Crippen molar-refractivity contribution in [1.29, 1.82) is 0 Å². The Hall–Kier alpha value is -3.80. The first-order chi connectivity index (χ1) is 20.9. The predicted octanol–water partition coefficient (Wildman–Crippen LogP) is 6.52. The largest absolute Gasteiger partial charge is 0.489 e. The number of amides is 1. The zero-order chi connectivity index (χ0) is 32.1. The number of fused-ring (bicyclic) bond motifs is 1. The van der Waals surface area contributed by atoms with Gasteiger partial charge in [-0.1, -0.05) is 24.1 Å². The van der Waals surface area contributed by atoms with Gasteiger partial charge in [-0.2, -0.15) is 0 Å². The molecule has 0 fully saturated rings. The summed E-state index contributed by atoms with van der Waals surface area (Å²) in [6.45, 7) is 7.28. The number of nitrogens with one attached hydrogen (secondary N) is 2. The fourth-order valence-electron chi connectivity index (χ4n) is 4.01. The van der Waals surface area contributed by atoms with Crippen molar-refractivity contribution in [1.82, 2.24) is 14.9 Å². The van der Waals surface area contributed by atoms with E-state index < -0.39 is 11.4 Å². The normalized spacial score (nSPS) is 11.7. The highest BCUT2D eigenvalue weighted by Gasteiger charge is 2.16. The number of unbranched alkanes of at least 4 members (excludes halogenated alkanes) is 2. The van der Waals surface area contributed by atoms with Crippen LogP contribution in [0.5, 0.6) is 5.75 Å². The number of aromatic nitrogens is 2. The molecule has 1 amide bonds. The van der Waals surface area contributed by atoms with Crippen LogP contribution in [0.15, 0.2) is 48.8 Å². The molecule has 0 aliphatic carbocycles. The van der Waals surface area contributed by atoms with Crippen LogP contribution in [0.25, 0.3) is 10.9 Å². The van der Waals surface area contributed by atoms with Gasteiger partial charge in [0, 0.05) is 42.8 Å². The van der Waals surface area contributed by atoms with Gasteiger partial charge in [0.2, 0.25) is 5.91 Å². The summed E-state index contributed by atoms with van der Waals surface area (Å²) in [5.74, 6) is -0.178. The van der Waals surface area contributed by atoms with Gasteiger partial charge in [-0.25, -0.2) is 14.4 Å². The molecule has 0 aliphatic rings. The van der Waals surface area contributed by atoms with Crippen LogP contribution in [0.3, 0.4) is 0 Å². The van der Waals surface area contributed by atoms with E-state index in [9.17, 15) is 14.0 Å². The Morgan fingerprint density at radius 1 is 1.05 bits per heavy atom. The van der Waals surface area contributed by atoms with Crippen LogP contribution in [0.2, 0.25) is 5.02 Å². The van der Waals surface area contributed by atoms with Crippen molar-refractivity contribution >= 4 is 51.6 Å². The van der Waals surface area contributed by atoms with E-state index in [0.717, 1.165) is 19.3 Å². The number of carbonyl (C=O) groups excluding carboxylic acids is 2. The molecule has 0 bridgehead atoms. The minimum absolute atomic E-state index is 0.0236.